The Balaban J connectivity index is 1.95. The fourth-order valence-corrected chi connectivity index (χ4v) is 2.45. The summed E-state index contributed by atoms with van der Waals surface area (Å²) in [6.45, 7) is 4.79. The second kappa shape index (κ2) is 5.87. The van der Waals surface area contributed by atoms with E-state index in [1.165, 1.54) is 0 Å². The SMILES string of the molecule is CCN1CCN=C1c1ccccc1Oc1ccccc1O. The summed E-state index contributed by atoms with van der Waals surface area (Å²) in [4.78, 5) is 6.81. The lowest BCUT2D eigenvalue weighted by Gasteiger charge is -2.20. The van der Waals surface area contributed by atoms with Crippen molar-refractivity contribution in [2.24, 2.45) is 4.99 Å². The zero-order valence-electron chi connectivity index (χ0n) is 12.0. The van der Waals surface area contributed by atoms with E-state index in [9.17, 15) is 5.11 Å². The molecule has 0 aliphatic carbocycles. The first kappa shape index (κ1) is 13.5. The second-order valence-electron chi connectivity index (χ2n) is 4.85. The largest absolute Gasteiger partial charge is 0.504 e. The van der Waals surface area contributed by atoms with Gasteiger partial charge in [0.25, 0.3) is 0 Å². The normalized spacial score (nSPS) is 14.1. The fraction of sp³-hybridized carbons (Fsp3) is 0.235. The fourth-order valence-electron chi connectivity index (χ4n) is 2.45. The zero-order chi connectivity index (χ0) is 14.7. The van der Waals surface area contributed by atoms with Crippen molar-refractivity contribution in [3.05, 3.63) is 54.1 Å². The van der Waals surface area contributed by atoms with Crippen LogP contribution in [0, 0.1) is 0 Å². The molecule has 21 heavy (non-hydrogen) atoms. The van der Waals surface area contributed by atoms with E-state index >= 15 is 0 Å². The number of aliphatic imine (C=N–C) groups is 1. The molecular formula is C17H18N2O2. The van der Waals surface area contributed by atoms with E-state index in [1.54, 1.807) is 18.2 Å². The van der Waals surface area contributed by atoms with Crippen LogP contribution < -0.4 is 4.74 Å². The molecule has 0 spiro atoms. The van der Waals surface area contributed by atoms with Crippen LogP contribution in [-0.2, 0) is 0 Å². The van der Waals surface area contributed by atoms with Crippen LogP contribution in [0.4, 0.5) is 0 Å². The standard InChI is InChI=1S/C17H18N2O2/c1-2-19-12-11-18-17(19)13-7-3-5-9-15(13)21-16-10-6-4-8-14(16)20/h3-10,20H,2,11-12H2,1H3. The van der Waals surface area contributed by atoms with E-state index in [0.717, 1.165) is 31.0 Å². The van der Waals surface area contributed by atoms with Crippen molar-refractivity contribution in [1.82, 2.24) is 4.90 Å². The summed E-state index contributed by atoms with van der Waals surface area (Å²) in [5.41, 5.74) is 0.958. The monoisotopic (exact) mass is 282 g/mol. The van der Waals surface area contributed by atoms with Crippen molar-refractivity contribution in [1.29, 1.82) is 0 Å². The van der Waals surface area contributed by atoms with Crippen LogP contribution in [0.15, 0.2) is 53.5 Å². The lowest BCUT2D eigenvalue weighted by molar-refractivity contribution is 0.409. The topological polar surface area (TPSA) is 45.1 Å². The molecule has 0 radical (unpaired) electrons. The van der Waals surface area contributed by atoms with Gasteiger partial charge in [-0.3, -0.25) is 4.99 Å². The summed E-state index contributed by atoms with van der Waals surface area (Å²) in [5.74, 6) is 2.25. The van der Waals surface area contributed by atoms with Crippen molar-refractivity contribution in [2.45, 2.75) is 6.92 Å². The van der Waals surface area contributed by atoms with Gasteiger partial charge in [0, 0.05) is 13.1 Å². The number of hydrogen-bond donors (Lipinski definition) is 1. The maximum atomic E-state index is 9.86. The summed E-state index contributed by atoms with van der Waals surface area (Å²) in [6.07, 6.45) is 0. The Bertz CT molecular complexity index is 667. The van der Waals surface area contributed by atoms with Crippen LogP contribution in [-0.4, -0.2) is 35.5 Å². The quantitative estimate of drug-likeness (QED) is 0.936. The number of nitrogens with zero attached hydrogens (tertiary/aromatic N) is 2. The van der Waals surface area contributed by atoms with E-state index in [0.29, 0.717) is 11.5 Å². The van der Waals surface area contributed by atoms with E-state index in [-0.39, 0.29) is 5.75 Å². The molecule has 0 amide bonds. The highest BCUT2D eigenvalue weighted by molar-refractivity contribution is 6.02. The third-order valence-corrected chi connectivity index (χ3v) is 3.53. The molecule has 2 aromatic carbocycles. The van der Waals surface area contributed by atoms with Gasteiger partial charge >= 0.3 is 0 Å². The molecule has 0 bridgehead atoms. The second-order valence-corrected chi connectivity index (χ2v) is 4.85. The third-order valence-electron chi connectivity index (χ3n) is 3.53. The lowest BCUT2D eigenvalue weighted by atomic mass is 10.1. The minimum atomic E-state index is 0.132. The molecule has 0 atom stereocenters. The number of benzene rings is 2. The van der Waals surface area contributed by atoms with Gasteiger partial charge in [0.15, 0.2) is 11.5 Å². The van der Waals surface area contributed by atoms with Gasteiger partial charge in [0.1, 0.15) is 11.6 Å². The van der Waals surface area contributed by atoms with Gasteiger partial charge in [0.05, 0.1) is 12.1 Å². The predicted molar refractivity (Wildman–Crippen MR) is 83.3 cm³/mol. The number of amidine groups is 1. The average Bonchev–Trinajstić information content (AvgIpc) is 2.98. The lowest BCUT2D eigenvalue weighted by Crippen LogP contribution is -2.28. The summed E-state index contributed by atoms with van der Waals surface area (Å²) in [5, 5.41) is 9.86. The van der Waals surface area contributed by atoms with Gasteiger partial charge in [0.2, 0.25) is 0 Å². The number of para-hydroxylation sites is 3. The number of ether oxygens (including phenoxy) is 1. The molecule has 1 heterocycles. The summed E-state index contributed by atoms with van der Waals surface area (Å²) in [6, 6.07) is 14.8. The van der Waals surface area contributed by atoms with Crippen LogP contribution in [0.5, 0.6) is 17.2 Å². The number of aromatic hydroxyl groups is 1. The predicted octanol–water partition coefficient (Wildman–Crippen LogP) is 3.27. The van der Waals surface area contributed by atoms with Gasteiger partial charge in [-0.1, -0.05) is 24.3 Å². The molecular weight excluding hydrogens is 264 g/mol. The van der Waals surface area contributed by atoms with E-state index in [2.05, 4.69) is 16.8 Å². The molecule has 0 saturated heterocycles. The van der Waals surface area contributed by atoms with Gasteiger partial charge < -0.3 is 14.7 Å². The molecule has 0 fully saturated rings. The van der Waals surface area contributed by atoms with Gasteiger partial charge in [-0.25, -0.2) is 0 Å². The van der Waals surface area contributed by atoms with Crippen molar-refractivity contribution in [3.63, 3.8) is 0 Å². The maximum absolute atomic E-state index is 9.86. The highest BCUT2D eigenvalue weighted by atomic mass is 16.5. The highest BCUT2D eigenvalue weighted by Gasteiger charge is 2.20. The Morgan fingerprint density at radius 3 is 2.57 bits per heavy atom. The molecule has 0 aromatic heterocycles. The number of rotatable bonds is 4. The Labute approximate surface area is 124 Å². The number of phenolic OH excluding ortho intramolecular Hbond substituents is 1. The number of likely N-dealkylation sites (N-methyl/N-ethyl adjacent to an activating group) is 1. The van der Waals surface area contributed by atoms with Crippen LogP contribution >= 0.6 is 0 Å². The summed E-state index contributed by atoms with van der Waals surface area (Å²) < 4.78 is 5.89. The Kier molecular flexibility index (Phi) is 3.77. The van der Waals surface area contributed by atoms with Crippen molar-refractivity contribution in [3.8, 4) is 17.2 Å². The van der Waals surface area contributed by atoms with E-state index in [1.807, 2.05) is 30.3 Å². The number of phenols is 1. The Hall–Kier alpha value is -2.49. The summed E-state index contributed by atoms with van der Waals surface area (Å²) >= 11 is 0. The van der Waals surface area contributed by atoms with Crippen molar-refractivity contribution >= 4 is 5.84 Å². The first-order valence-corrected chi connectivity index (χ1v) is 7.14. The molecule has 0 saturated carbocycles. The van der Waals surface area contributed by atoms with Crippen molar-refractivity contribution < 1.29 is 9.84 Å². The van der Waals surface area contributed by atoms with E-state index < -0.39 is 0 Å². The molecule has 1 aliphatic heterocycles. The van der Waals surface area contributed by atoms with Crippen LogP contribution in [0.1, 0.15) is 12.5 Å². The molecule has 4 nitrogen and oxygen atoms in total. The van der Waals surface area contributed by atoms with Gasteiger partial charge in [-0.15, -0.1) is 0 Å². The van der Waals surface area contributed by atoms with Crippen LogP contribution in [0.2, 0.25) is 0 Å². The Morgan fingerprint density at radius 1 is 1.10 bits per heavy atom. The molecule has 4 heteroatoms. The Morgan fingerprint density at radius 2 is 1.81 bits per heavy atom. The first-order valence-electron chi connectivity index (χ1n) is 7.14. The van der Waals surface area contributed by atoms with Gasteiger partial charge in [-0.2, -0.15) is 0 Å². The average molecular weight is 282 g/mol. The molecule has 1 aliphatic rings. The minimum Gasteiger partial charge on any atom is -0.504 e. The molecule has 0 unspecified atom stereocenters. The zero-order valence-corrected chi connectivity index (χ0v) is 12.0. The number of hydrogen-bond acceptors (Lipinski definition) is 4. The highest BCUT2D eigenvalue weighted by Crippen LogP contribution is 2.32. The minimum absolute atomic E-state index is 0.132. The first-order chi connectivity index (χ1) is 10.3. The van der Waals surface area contributed by atoms with Crippen LogP contribution in [0.25, 0.3) is 0 Å². The summed E-state index contributed by atoms with van der Waals surface area (Å²) in [7, 11) is 0. The molecule has 2 aromatic rings. The van der Waals surface area contributed by atoms with Crippen molar-refractivity contribution in [2.75, 3.05) is 19.6 Å². The maximum Gasteiger partial charge on any atom is 0.169 e. The molecule has 1 N–H and O–H groups in total. The van der Waals surface area contributed by atoms with Gasteiger partial charge in [-0.05, 0) is 31.2 Å². The van der Waals surface area contributed by atoms with E-state index in [4.69, 9.17) is 4.74 Å². The third kappa shape index (κ3) is 2.70. The smallest absolute Gasteiger partial charge is 0.169 e. The molecule has 3 rings (SSSR count). The van der Waals surface area contributed by atoms with Crippen LogP contribution in [0.3, 0.4) is 0 Å². The molecule has 108 valence electrons.